The van der Waals surface area contributed by atoms with Gasteiger partial charge in [-0.2, -0.15) is 0 Å². The standard InChI is InChI=1S/C54H88O/c1-34(2)13-11-15-36(5)42-19-21-44-40-18-17-38-31-49-48(33-52(38,9)46(40)25-27-50(42,44)7)54-30-24-41-45-22-20-43(37(6)16-12-14-35(3)4)51(45,8)28-26-47(41)53(54,10)29-23-39(32-54)55-49/h31,34-37,39-47H,11-30,32-33H2,1-10H3/t36-,37-,39?,40+,41+,42-,43-,44+,45+,46+,47+,50-,51-,52+,53-,54?/m1/s1. The fourth-order valence-corrected chi connectivity index (χ4v) is 19.2. The molecule has 9 aliphatic rings. The van der Waals surface area contributed by atoms with Crippen molar-refractivity contribution in [2.24, 2.45) is 98.1 Å². The third-order valence-electron chi connectivity index (χ3n) is 22.0. The van der Waals surface area contributed by atoms with Crippen LogP contribution in [-0.4, -0.2) is 6.10 Å². The summed E-state index contributed by atoms with van der Waals surface area (Å²) in [5.74, 6) is 12.5. The molecule has 8 aliphatic carbocycles. The SMILES string of the molecule is CC(C)CCC[C@@H](C)[C@H]1CC[C@H]2[C@@H]3CCC4=CC5=C(C[C@]4(C)[C@H]3CC[C@]12C)C12CC[C@H]3[C@@H]4CC[C@H]([C@H](C)CCCC(C)C)[C@@]4(C)CC[C@@H]3[C@@]1(C)CCC(C2)O5. The second-order valence-electron chi connectivity index (χ2n) is 25.0. The maximum absolute atomic E-state index is 7.16. The van der Waals surface area contributed by atoms with E-state index in [4.69, 9.17) is 4.74 Å². The summed E-state index contributed by atoms with van der Waals surface area (Å²) in [6, 6.07) is 0. The van der Waals surface area contributed by atoms with Crippen molar-refractivity contribution in [1.82, 2.24) is 0 Å². The zero-order valence-corrected chi connectivity index (χ0v) is 38.0. The van der Waals surface area contributed by atoms with E-state index in [0.717, 1.165) is 71.0 Å². The number of allylic oxidation sites excluding steroid dienone is 3. The summed E-state index contributed by atoms with van der Waals surface area (Å²) in [6.45, 7) is 26.3. The number of fused-ring (bicyclic) bond motifs is 10. The van der Waals surface area contributed by atoms with Crippen LogP contribution < -0.4 is 0 Å². The molecule has 0 aromatic carbocycles. The average Bonchev–Trinajstić information content (AvgIpc) is 3.68. The van der Waals surface area contributed by atoms with Gasteiger partial charge in [0.05, 0.1) is 6.10 Å². The van der Waals surface area contributed by atoms with Crippen molar-refractivity contribution in [2.75, 3.05) is 0 Å². The zero-order valence-electron chi connectivity index (χ0n) is 38.0. The van der Waals surface area contributed by atoms with Crippen molar-refractivity contribution in [1.29, 1.82) is 0 Å². The Labute approximate surface area is 341 Å². The van der Waals surface area contributed by atoms with Crippen LogP contribution in [0.4, 0.5) is 0 Å². The van der Waals surface area contributed by atoms with E-state index in [1.54, 1.807) is 0 Å². The van der Waals surface area contributed by atoms with Gasteiger partial charge in [-0.1, -0.05) is 113 Å². The molecule has 0 aromatic heterocycles. The third kappa shape index (κ3) is 5.96. The van der Waals surface area contributed by atoms with Crippen LogP contribution in [0.5, 0.6) is 0 Å². The first-order chi connectivity index (χ1) is 26.1. The predicted molar refractivity (Wildman–Crippen MR) is 232 cm³/mol. The summed E-state index contributed by atoms with van der Waals surface area (Å²) in [5, 5.41) is 0. The fraction of sp³-hybridized carbons (Fsp3) is 0.926. The molecule has 0 saturated heterocycles. The number of hydrogen-bond donors (Lipinski definition) is 0. The van der Waals surface area contributed by atoms with Gasteiger partial charge in [0.15, 0.2) is 0 Å². The van der Waals surface area contributed by atoms with E-state index in [2.05, 4.69) is 75.3 Å². The molecule has 16 atom stereocenters. The van der Waals surface area contributed by atoms with Crippen molar-refractivity contribution in [3.8, 4) is 0 Å². The summed E-state index contributed by atoms with van der Waals surface area (Å²) in [7, 11) is 0. The molecule has 55 heavy (non-hydrogen) atoms. The van der Waals surface area contributed by atoms with Crippen molar-refractivity contribution in [3.63, 3.8) is 0 Å². The second kappa shape index (κ2) is 14.2. The van der Waals surface area contributed by atoms with Crippen LogP contribution in [0.15, 0.2) is 23.0 Å². The zero-order chi connectivity index (χ0) is 38.7. The van der Waals surface area contributed by atoms with Gasteiger partial charge in [-0.05, 0) is 207 Å². The van der Waals surface area contributed by atoms with Gasteiger partial charge < -0.3 is 4.74 Å². The van der Waals surface area contributed by atoms with Crippen LogP contribution in [0.25, 0.3) is 0 Å². The van der Waals surface area contributed by atoms with E-state index in [0.29, 0.717) is 33.2 Å². The van der Waals surface area contributed by atoms with E-state index in [1.807, 2.05) is 11.1 Å². The summed E-state index contributed by atoms with van der Waals surface area (Å²) in [6.07, 6.45) is 35.1. The Morgan fingerprint density at radius 3 is 1.78 bits per heavy atom. The monoisotopic (exact) mass is 753 g/mol. The molecule has 1 heterocycles. The molecular formula is C54H88O. The van der Waals surface area contributed by atoms with Gasteiger partial charge in [0.25, 0.3) is 0 Å². The van der Waals surface area contributed by atoms with Crippen molar-refractivity contribution in [2.45, 2.75) is 217 Å². The Morgan fingerprint density at radius 1 is 0.600 bits per heavy atom. The number of rotatable bonds is 10. The Kier molecular flexibility index (Phi) is 10.3. The molecule has 1 nitrogen and oxygen atoms in total. The molecule has 9 rings (SSSR count). The molecule has 1 aliphatic heterocycles. The molecule has 7 saturated carbocycles. The van der Waals surface area contributed by atoms with Crippen LogP contribution in [-0.2, 0) is 4.74 Å². The lowest BCUT2D eigenvalue weighted by molar-refractivity contribution is -0.180. The topological polar surface area (TPSA) is 9.23 Å². The van der Waals surface area contributed by atoms with Crippen LogP contribution in [0.1, 0.15) is 210 Å². The first kappa shape index (κ1) is 39.7. The van der Waals surface area contributed by atoms with Crippen molar-refractivity contribution >= 4 is 0 Å². The highest BCUT2D eigenvalue weighted by atomic mass is 16.5. The molecule has 2 unspecified atom stereocenters. The fourth-order valence-electron chi connectivity index (χ4n) is 19.2. The van der Waals surface area contributed by atoms with Crippen molar-refractivity contribution < 1.29 is 4.74 Å². The highest BCUT2D eigenvalue weighted by Gasteiger charge is 2.69. The van der Waals surface area contributed by atoms with Crippen molar-refractivity contribution in [3.05, 3.63) is 23.0 Å². The number of hydrogen-bond acceptors (Lipinski definition) is 1. The first-order valence-electron chi connectivity index (χ1n) is 25.3. The van der Waals surface area contributed by atoms with Crippen LogP contribution >= 0.6 is 0 Å². The molecule has 0 amide bonds. The molecule has 310 valence electrons. The van der Waals surface area contributed by atoms with E-state index >= 15 is 0 Å². The lowest BCUT2D eigenvalue weighted by Gasteiger charge is -2.69. The van der Waals surface area contributed by atoms with Crippen LogP contribution in [0.2, 0.25) is 0 Å². The summed E-state index contributed by atoms with van der Waals surface area (Å²) in [4.78, 5) is 0. The van der Waals surface area contributed by atoms with Gasteiger partial charge in [-0.3, -0.25) is 0 Å². The molecule has 1 spiro atoms. The lowest BCUT2D eigenvalue weighted by atomic mass is 9.36. The van der Waals surface area contributed by atoms with E-state index in [-0.39, 0.29) is 0 Å². The van der Waals surface area contributed by atoms with E-state index < -0.39 is 0 Å². The average molecular weight is 753 g/mol. The van der Waals surface area contributed by atoms with Gasteiger partial charge in [0.2, 0.25) is 0 Å². The Hall–Kier alpha value is -0.720. The normalized spacial score (nSPS) is 49.5. The minimum Gasteiger partial charge on any atom is -0.490 e. The summed E-state index contributed by atoms with van der Waals surface area (Å²) >= 11 is 0. The van der Waals surface area contributed by atoms with Crippen LogP contribution in [0.3, 0.4) is 0 Å². The molecule has 2 bridgehead atoms. The minimum atomic E-state index is 0.347. The maximum atomic E-state index is 7.16. The highest BCUT2D eigenvalue weighted by molar-refractivity contribution is 5.44. The Bertz CT molecular complexity index is 1500. The van der Waals surface area contributed by atoms with Gasteiger partial charge in [0.1, 0.15) is 5.76 Å². The maximum Gasteiger partial charge on any atom is 0.119 e. The highest BCUT2D eigenvalue weighted by Crippen LogP contribution is 2.77. The summed E-state index contributed by atoms with van der Waals surface area (Å²) < 4.78 is 7.16. The number of ether oxygens (including phenoxy) is 1. The van der Waals surface area contributed by atoms with Gasteiger partial charge >= 0.3 is 0 Å². The van der Waals surface area contributed by atoms with Gasteiger partial charge in [-0.15, -0.1) is 0 Å². The lowest BCUT2D eigenvalue weighted by Crippen LogP contribution is -2.62. The van der Waals surface area contributed by atoms with Gasteiger partial charge in [0, 0.05) is 5.41 Å². The van der Waals surface area contributed by atoms with E-state index in [9.17, 15) is 0 Å². The molecule has 0 N–H and O–H groups in total. The largest absolute Gasteiger partial charge is 0.490 e. The second-order valence-corrected chi connectivity index (χ2v) is 25.0. The van der Waals surface area contributed by atoms with E-state index in [1.165, 1.54) is 147 Å². The molecule has 0 aromatic rings. The summed E-state index contributed by atoms with van der Waals surface area (Å²) in [5.41, 5.74) is 6.02. The van der Waals surface area contributed by atoms with Gasteiger partial charge in [-0.25, -0.2) is 0 Å². The molecular weight excluding hydrogens is 665 g/mol. The predicted octanol–water partition coefficient (Wildman–Crippen LogP) is 15.8. The quantitative estimate of drug-likeness (QED) is 0.216. The Morgan fingerprint density at radius 2 is 1.18 bits per heavy atom. The third-order valence-corrected chi connectivity index (χ3v) is 22.0. The minimum absolute atomic E-state index is 0.347. The smallest absolute Gasteiger partial charge is 0.119 e. The first-order valence-corrected chi connectivity index (χ1v) is 25.3. The molecule has 1 heteroatoms. The molecule has 0 radical (unpaired) electrons. The Balaban J connectivity index is 0.957. The molecule has 7 fully saturated rings. The van der Waals surface area contributed by atoms with Crippen LogP contribution in [0, 0.1) is 98.1 Å².